The van der Waals surface area contributed by atoms with Crippen LogP contribution in [0.1, 0.15) is 11.3 Å². The standard InChI is InChI=1S/C17H15N/c1-3-15-17(13-10-8-12(2)9-11-13)14-6-4-5-7-16(14)18-15/h3-11,18H,1H2,2H3. The zero-order valence-electron chi connectivity index (χ0n) is 10.4. The highest BCUT2D eigenvalue weighted by atomic mass is 14.7. The molecule has 0 spiro atoms. The van der Waals surface area contributed by atoms with Crippen LogP contribution in [0.3, 0.4) is 0 Å². The Hall–Kier alpha value is -2.28. The third kappa shape index (κ3) is 1.65. The molecule has 0 fully saturated rings. The average molecular weight is 233 g/mol. The van der Waals surface area contributed by atoms with Crippen LogP contribution >= 0.6 is 0 Å². The van der Waals surface area contributed by atoms with Crippen LogP contribution in [0.15, 0.2) is 55.1 Å². The van der Waals surface area contributed by atoms with E-state index in [2.05, 4.69) is 61.0 Å². The fourth-order valence-corrected chi connectivity index (χ4v) is 2.35. The number of hydrogen-bond donors (Lipinski definition) is 1. The van der Waals surface area contributed by atoms with Crippen molar-refractivity contribution in [3.63, 3.8) is 0 Å². The molecule has 3 aromatic rings. The highest BCUT2D eigenvalue weighted by Crippen LogP contribution is 2.33. The van der Waals surface area contributed by atoms with Crippen LogP contribution < -0.4 is 0 Å². The normalized spacial score (nSPS) is 10.7. The van der Waals surface area contributed by atoms with Crippen LogP contribution in [0.25, 0.3) is 28.1 Å². The first-order valence-electron chi connectivity index (χ1n) is 6.10. The maximum atomic E-state index is 3.90. The molecule has 1 heterocycles. The molecule has 0 aliphatic rings. The van der Waals surface area contributed by atoms with Gasteiger partial charge in [-0.15, -0.1) is 0 Å². The summed E-state index contributed by atoms with van der Waals surface area (Å²) in [6.45, 7) is 6.00. The Morgan fingerprint density at radius 3 is 2.44 bits per heavy atom. The molecule has 0 atom stereocenters. The monoisotopic (exact) mass is 233 g/mol. The van der Waals surface area contributed by atoms with E-state index in [-0.39, 0.29) is 0 Å². The van der Waals surface area contributed by atoms with Crippen molar-refractivity contribution in [2.75, 3.05) is 0 Å². The van der Waals surface area contributed by atoms with Crippen LogP contribution in [0.2, 0.25) is 0 Å². The Morgan fingerprint density at radius 2 is 1.72 bits per heavy atom. The summed E-state index contributed by atoms with van der Waals surface area (Å²) >= 11 is 0. The number of nitrogens with one attached hydrogen (secondary N) is 1. The number of aromatic amines is 1. The summed E-state index contributed by atoms with van der Waals surface area (Å²) in [5.41, 5.74) is 5.98. The van der Waals surface area contributed by atoms with Gasteiger partial charge in [-0.05, 0) is 24.6 Å². The fourth-order valence-electron chi connectivity index (χ4n) is 2.35. The topological polar surface area (TPSA) is 15.8 Å². The number of fused-ring (bicyclic) bond motifs is 1. The number of aromatic nitrogens is 1. The quantitative estimate of drug-likeness (QED) is 0.655. The molecule has 2 aromatic carbocycles. The third-order valence-electron chi connectivity index (χ3n) is 3.28. The van der Waals surface area contributed by atoms with Crippen LogP contribution in [0.4, 0.5) is 0 Å². The van der Waals surface area contributed by atoms with Crippen LogP contribution in [0.5, 0.6) is 0 Å². The Bertz CT molecular complexity index is 702. The van der Waals surface area contributed by atoms with E-state index in [1.165, 1.54) is 22.1 Å². The summed E-state index contributed by atoms with van der Waals surface area (Å²) in [6.07, 6.45) is 1.88. The van der Waals surface area contributed by atoms with Gasteiger partial charge >= 0.3 is 0 Å². The second-order valence-electron chi connectivity index (χ2n) is 4.53. The number of rotatable bonds is 2. The van der Waals surface area contributed by atoms with Crippen LogP contribution in [0, 0.1) is 6.92 Å². The highest BCUT2D eigenvalue weighted by Gasteiger charge is 2.10. The van der Waals surface area contributed by atoms with E-state index in [0.717, 1.165) is 11.2 Å². The van der Waals surface area contributed by atoms with Crippen LogP contribution in [-0.2, 0) is 0 Å². The van der Waals surface area contributed by atoms with Gasteiger partial charge in [-0.3, -0.25) is 0 Å². The SMILES string of the molecule is C=Cc1[nH]c2ccccc2c1-c1ccc(C)cc1. The first-order chi connectivity index (χ1) is 8.79. The third-order valence-corrected chi connectivity index (χ3v) is 3.28. The lowest BCUT2D eigenvalue weighted by atomic mass is 10.0. The van der Waals surface area contributed by atoms with Crippen molar-refractivity contribution < 1.29 is 0 Å². The first-order valence-corrected chi connectivity index (χ1v) is 6.10. The van der Waals surface area contributed by atoms with Gasteiger partial charge in [0.05, 0.1) is 0 Å². The number of para-hydroxylation sites is 1. The van der Waals surface area contributed by atoms with Gasteiger partial charge in [-0.2, -0.15) is 0 Å². The zero-order valence-corrected chi connectivity index (χ0v) is 10.4. The molecular weight excluding hydrogens is 218 g/mol. The van der Waals surface area contributed by atoms with Crippen LogP contribution in [-0.4, -0.2) is 4.98 Å². The van der Waals surface area contributed by atoms with Gasteiger partial charge in [0.2, 0.25) is 0 Å². The molecule has 0 unspecified atom stereocenters. The van der Waals surface area contributed by atoms with Gasteiger partial charge in [-0.1, -0.05) is 54.6 Å². The van der Waals surface area contributed by atoms with Gasteiger partial charge in [0.25, 0.3) is 0 Å². The lowest BCUT2D eigenvalue weighted by Gasteiger charge is -2.02. The summed E-state index contributed by atoms with van der Waals surface area (Å²) in [5.74, 6) is 0. The Morgan fingerprint density at radius 1 is 1.00 bits per heavy atom. The lowest BCUT2D eigenvalue weighted by molar-refractivity contribution is 1.42. The maximum Gasteiger partial charge on any atom is 0.0465 e. The smallest absolute Gasteiger partial charge is 0.0465 e. The molecule has 88 valence electrons. The predicted octanol–water partition coefficient (Wildman–Crippen LogP) is 4.79. The zero-order chi connectivity index (χ0) is 12.5. The number of aryl methyl sites for hydroxylation is 1. The Kier molecular flexibility index (Phi) is 2.52. The largest absolute Gasteiger partial charge is 0.355 e. The van der Waals surface area contributed by atoms with E-state index in [9.17, 15) is 0 Å². The van der Waals surface area contributed by atoms with E-state index < -0.39 is 0 Å². The molecule has 0 bridgehead atoms. The highest BCUT2D eigenvalue weighted by molar-refractivity contribution is 5.99. The van der Waals surface area contributed by atoms with Crippen molar-refractivity contribution in [3.05, 3.63) is 66.4 Å². The Labute approximate surface area is 107 Å². The Balaban J connectivity index is 2.32. The number of H-pyrrole nitrogens is 1. The maximum absolute atomic E-state index is 3.90. The number of benzene rings is 2. The summed E-state index contributed by atoms with van der Waals surface area (Å²) in [6, 6.07) is 17.0. The summed E-state index contributed by atoms with van der Waals surface area (Å²) in [4.78, 5) is 3.41. The van der Waals surface area contributed by atoms with Crippen molar-refractivity contribution in [2.45, 2.75) is 6.92 Å². The average Bonchev–Trinajstić information content (AvgIpc) is 2.78. The molecule has 3 rings (SSSR count). The first kappa shape index (κ1) is 10.8. The molecule has 1 heteroatoms. The minimum Gasteiger partial charge on any atom is -0.355 e. The molecule has 0 aliphatic heterocycles. The van der Waals surface area contributed by atoms with E-state index in [1.807, 2.05) is 12.1 Å². The van der Waals surface area contributed by atoms with Crippen molar-refractivity contribution in [1.82, 2.24) is 4.98 Å². The molecule has 0 radical (unpaired) electrons. The summed E-state index contributed by atoms with van der Waals surface area (Å²) < 4.78 is 0. The minimum atomic E-state index is 1.08. The van der Waals surface area contributed by atoms with Crippen molar-refractivity contribution >= 4 is 17.0 Å². The number of hydrogen-bond acceptors (Lipinski definition) is 0. The van der Waals surface area contributed by atoms with E-state index in [0.29, 0.717) is 0 Å². The molecular formula is C17H15N. The van der Waals surface area contributed by atoms with Gasteiger partial charge in [-0.25, -0.2) is 0 Å². The van der Waals surface area contributed by atoms with E-state index in [1.54, 1.807) is 0 Å². The molecule has 1 aromatic heterocycles. The van der Waals surface area contributed by atoms with Crippen molar-refractivity contribution in [1.29, 1.82) is 0 Å². The molecule has 0 saturated carbocycles. The van der Waals surface area contributed by atoms with Gasteiger partial charge in [0.15, 0.2) is 0 Å². The van der Waals surface area contributed by atoms with Crippen molar-refractivity contribution in [2.24, 2.45) is 0 Å². The minimum absolute atomic E-state index is 1.08. The second-order valence-corrected chi connectivity index (χ2v) is 4.53. The van der Waals surface area contributed by atoms with Crippen molar-refractivity contribution in [3.8, 4) is 11.1 Å². The van der Waals surface area contributed by atoms with E-state index >= 15 is 0 Å². The fraction of sp³-hybridized carbons (Fsp3) is 0.0588. The summed E-state index contributed by atoms with van der Waals surface area (Å²) in [7, 11) is 0. The molecule has 0 amide bonds. The van der Waals surface area contributed by atoms with E-state index in [4.69, 9.17) is 0 Å². The second kappa shape index (κ2) is 4.19. The molecule has 1 N–H and O–H groups in total. The molecule has 1 nitrogen and oxygen atoms in total. The molecule has 18 heavy (non-hydrogen) atoms. The lowest BCUT2D eigenvalue weighted by Crippen LogP contribution is -1.80. The van der Waals surface area contributed by atoms with Gasteiger partial charge in [0.1, 0.15) is 0 Å². The molecule has 0 aliphatic carbocycles. The van der Waals surface area contributed by atoms with Gasteiger partial charge in [0, 0.05) is 22.2 Å². The summed E-state index contributed by atoms with van der Waals surface area (Å²) in [5, 5.41) is 1.25. The molecule has 0 saturated heterocycles. The predicted molar refractivity (Wildman–Crippen MR) is 78.6 cm³/mol. The van der Waals surface area contributed by atoms with Gasteiger partial charge < -0.3 is 4.98 Å².